The first kappa shape index (κ1) is 17.3. The maximum Gasteiger partial charge on any atom is 0.340 e. The van der Waals surface area contributed by atoms with Crippen molar-refractivity contribution in [2.24, 2.45) is 0 Å². The molecule has 1 rings (SSSR count). The van der Waals surface area contributed by atoms with Crippen LogP contribution in [0.25, 0.3) is 0 Å². The first-order valence-electron chi connectivity index (χ1n) is 5.82. The Hall–Kier alpha value is -1.73. The number of halogens is 1. The van der Waals surface area contributed by atoms with Crippen molar-refractivity contribution >= 4 is 46.3 Å². The van der Waals surface area contributed by atoms with Crippen LogP contribution >= 0.6 is 23.5 Å². The molecular formula is C13H14ClNO5S. The van der Waals surface area contributed by atoms with Gasteiger partial charge in [-0.15, -0.1) is 0 Å². The second-order valence-electron chi connectivity index (χ2n) is 3.77. The summed E-state index contributed by atoms with van der Waals surface area (Å²) in [6, 6.07) is 6.48. The SMILES string of the molecule is COC(=O)CSC(=O)CN(Cl)c1ccccc1C(=O)OC. The molecule has 0 aliphatic carbocycles. The molecule has 6 nitrogen and oxygen atoms in total. The van der Waals surface area contributed by atoms with Gasteiger partial charge >= 0.3 is 11.9 Å². The summed E-state index contributed by atoms with van der Waals surface area (Å²) < 4.78 is 10.2. The van der Waals surface area contributed by atoms with Gasteiger partial charge in [-0.3, -0.25) is 14.0 Å². The average molecular weight is 332 g/mol. The Bertz CT molecular complexity index is 537. The minimum Gasteiger partial charge on any atom is -0.468 e. The zero-order chi connectivity index (χ0) is 15.8. The van der Waals surface area contributed by atoms with Crippen molar-refractivity contribution in [3.63, 3.8) is 0 Å². The molecule has 0 bridgehead atoms. The molecule has 0 aliphatic heterocycles. The fraction of sp³-hybridized carbons (Fsp3) is 0.308. The zero-order valence-corrected chi connectivity index (χ0v) is 13.1. The van der Waals surface area contributed by atoms with Crippen LogP contribution in [0.4, 0.5) is 5.69 Å². The van der Waals surface area contributed by atoms with Crippen molar-refractivity contribution in [3.8, 4) is 0 Å². The van der Waals surface area contributed by atoms with Gasteiger partial charge in [-0.2, -0.15) is 0 Å². The Morgan fingerprint density at radius 3 is 2.48 bits per heavy atom. The lowest BCUT2D eigenvalue weighted by molar-refractivity contribution is -0.137. The number of methoxy groups -OCH3 is 2. The minimum atomic E-state index is -0.550. The van der Waals surface area contributed by atoms with E-state index in [4.69, 9.17) is 11.8 Å². The quantitative estimate of drug-likeness (QED) is 0.582. The molecule has 21 heavy (non-hydrogen) atoms. The maximum absolute atomic E-state index is 11.7. The lowest BCUT2D eigenvalue weighted by Gasteiger charge is -2.17. The monoisotopic (exact) mass is 331 g/mol. The van der Waals surface area contributed by atoms with Gasteiger partial charge in [0.15, 0.2) is 0 Å². The third-order valence-corrected chi connectivity index (χ3v) is 3.55. The van der Waals surface area contributed by atoms with E-state index in [0.717, 1.165) is 16.2 Å². The summed E-state index contributed by atoms with van der Waals surface area (Å²) in [4.78, 5) is 34.3. The van der Waals surface area contributed by atoms with Gasteiger partial charge in [-0.05, 0) is 12.1 Å². The topological polar surface area (TPSA) is 72.9 Å². The van der Waals surface area contributed by atoms with E-state index in [1.165, 1.54) is 14.2 Å². The number of thioether (sulfide) groups is 1. The summed E-state index contributed by atoms with van der Waals surface area (Å²) in [5.74, 6) is -1.13. The first-order chi connectivity index (χ1) is 9.99. The highest BCUT2D eigenvalue weighted by molar-refractivity contribution is 8.14. The number of anilines is 1. The van der Waals surface area contributed by atoms with Gasteiger partial charge in [-0.25, -0.2) is 4.79 Å². The Kier molecular flexibility index (Phi) is 7.04. The Labute approximate surface area is 131 Å². The van der Waals surface area contributed by atoms with E-state index >= 15 is 0 Å². The fourth-order valence-corrected chi connectivity index (χ4v) is 2.35. The zero-order valence-electron chi connectivity index (χ0n) is 11.5. The lowest BCUT2D eigenvalue weighted by Crippen LogP contribution is -2.22. The van der Waals surface area contributed by atoms with Crippen molar-refractivity contribution < 1.29 is 23.9 Å². The Morgan fingerprint density at radius 1 is 1.19 bits per heavy atom. The Morgan fingerprint density at radius 2 is 1.86 bits per heavy atom. The number of esters is 2. The van der Waals surface area contributed by atoms with Crippen LogP contribution in [-0.4, -0.2) is 43.6 Å². The largest absolute Gasteiger partial charge is 0.468 e. The van der Waals surface area contributed by atoms with Crippen LogP contribution in [0.2, 0.25) is 0 Å². The van der Waals surface area contributed by atoms with Crippen molar-refractivity contribution in [2.45, 2.75) is 0 Å². The normalized spacial score (nSPS) is 9.86. The van der Waals surface area contributed by atoms with Gasteiger partial charge in [0.2, 0.25) is 5.12 Å². The van der Waals surface area contributed by atoms with E-state index in [9.17, 15) is 14.4 Å². The molecule has 0 atom stereocenters. The molecule has 0 heterocycles. The summed E-state index contributed by atoms with van der Waals surface area (Å²) in [7, 11) is 2.50. The summed E-state index contributed by atoms with van der Waals surface area (Å²) in [6.07, 6.45) is 0. The smallest absolute Gasteiger partial charge is 0.340 e. The van der Waals surface area contributed by atoms with E-state index in [0.29, 0.717) is 5.69 Å². The summed E-state index contributed by atoms with van der Waals surface area (Å²) in [5.41, 5.74) is 0.610. The van der Waals surface area contributed by atoms with Gasteiger partial charge in [0.1, 0.15) is 6.54 Å². The van der Waals surface area contributed by atoms with Crippen LogP contribution < -0.4 is 4.42 Å². The van der Waals surface area contributed by atoms with Crippen molar-refractivity contribution in [3.05, 3.63) is 29.8 Å². The number of hydrogen-bond donors (Lipinski definition) is 0. The number of benzene rings is 1. The molecule has 0 radical (unpaired) electrons. The standard InChI is InChI=1S/C13H14ClNO5S/c1-19-11(16)8-21-12(17)7-15(14)10-6-4-3-5-9(10)13(18)20-2/h3-6H,7-8H2,1-2H3. The molecule has 0 fully saturated rings. The molecule has 0 aromatic heterocycles. The number of carbonyl (C=O) groups is 3. The van der Waals surface area contributed by atoms with Crippen LogP contribution in [0.3, 0.4) is 0 Å². The number of para-hydroxylation sites is 1. The highest BCUT2D eigenvalue weighted by atomic mass is 35.5. The predicted molar refractivity (Wildman–Crippen MR) is 80.5 cm³/mol. The van der Waals surface area contributed by atoms with E-state index in [1.807, 2.05) is 0 Å². The number of hydrogen-bond acceptors (Lipinski definition) is 7. The van der Waals surface area contributed by atoms with Gasteiger partial charge in [0.25, 0.3) is 0 Å². The van der Waals surface area contributed by atoms with E-state index in [1.54, 1.807) is 24.3 Å². The summed E-state index contributed by atoms with van der Waals surface area (Å²) in [6.45, 7) is -0.169. The molecule has 114 valence electrons. The average Bonchev–Trinajstić information content (AvgIpc) is 2.51. The van der Waals surface area contributed by atoms with Crippen LogP contribution in [-0.2, 0) is 19.1 Å². The van der Waals surface area contributed by atoms with E-state index in [2.05, 4.69) is 9.47 Å². The molecular weight excluding hydrogens is 318 g/mol. The maximum atomic E-state index is 11.7. The Balaban J connectivity index is 2.71. The molecule has 0 spiro atoms. The predicted octanol–water partition coefficient (Wildman–Crippen LogP) is 1.87. The van der Waals surface area contributed by atoms with Crippen LogP contribution in [0.5, 0.6) is 0 Å². The van der Waals surface area contributed by atoms with Gasteiger partial charge in [-0.1, -0.05) is 23.9 Å². The lowest BCUT2D eigenvalue weighted by atomic mass is 10.2. The van der Waals surface area contributed by atoms with Crippen molar-refractivity contribution in [2.75, 3.05) is 30.9 Å². The third-order valence-electron chi connectivity index (χ3n) is 2.42. The fourth-order valence-electron chi connectivity index (χ4n) is 1.41. The van der Waals surface area contributed by atoms with Crippen molar-refractivity contribution in [1.29, 1.82) is 0 Å². The number of ether oxygens (including phenoxy) is 2. The van der Waals surface area contributed by atoms with Gasteiger partial charge < -0.3 is 9.47 Å². The molecule has 0 saturated carbocycles. The molecule has 8 heteroatoms. The number of carbonyl (C=O) groups excluding carboxylic acids is 3. The first-order valence-corrected chi connectivity index (χ1v) is 7.15. The molecule has 0 saturated heterocycles. The molecule has 0 aliphatic rings. The van der Waals surface area contributed by atoms with Crippen LogP contribution in [0.15, 0.2) is 24.3 Å². The number of nitrogens with zero attached hydrogens (tertiary/aromatic N) is 1. The van der Waals surface area contributed by atoms with Crippen LogP contribution in [0.1, 0.15) is 10.4 Å². The van der Waals surface area contributed by atoms with Crippen molar-refractivity contribution in [1.82, 2.24) is 0 Å². The molecule has 0 N–H and O–H groups in total. The summed E-state index contributed by atoms with van der Waals surface area (Å²) >= 11 is 6.83. The second-order valence-corrected chi connectivity index (χ2v) is 5.21. The summed E-state index contributed by atoms with van der Waals surface area (Å²) in [5, 5.41) is -0.324. The minimum absolute atomic E-state index is 0.0846. The highest BCUT2D eigenvalue weighted by Crippen LogP contribution is 2.23. The van der Waals surface area contributed by atoms with E-state index < -0.39 is 11.9 Å². The van der Waals surface area contributed by atoms with Gasteiger partial charge in [0, 0.05) is 11.8 Å². The van der Waals surface area contributed by atoms with Crippen LogP contribution in [0, 0.1) is 0 Å². The molecule has 0 unspecified atom stereocenters. The van der Waals surface area contributed by atoms with Gasteiger partial charge in [0.05, 0.1) is 31.2 Å². The second kappa shape index (κ2) is 8.53. The molecule has 1 aromatic rings. The molecule has 0 amide bonds. The highest BCUT2D eigenvalue weighted by Gasteiger charge is 2.18. The van der Waals surface area contributed by atoms with E-state index in [-0.39, 0.29) is 23.0 Å². The number of rotatable bonds is 6. The third kappa shape index (κ3) is 5.28. The molecule has 1 aromatic carbocycles.